The molecule has 2 rings (SSSR count). The van der Waals surface area contributed by atoms with Crippen molar-refractivity contribution in [2.75, 3.05) is 19.3 Å². The Labute approximate surface area is 123 Å². The number of hydrogen-bond acceptors (Lipinski definition) is 3. The molecule has 2 atom stereocenters. The Morgan fingerprint density at radius 3 is 2.74 bits per heavy atom. The second-order valence-electron chi connectivity index (χ2n) is 4.75. The van der Waals surface area contributed by atoms with Gasteiger partial charge in [-0.3, -0.25) is 0 Å². The van der Waals surface area contributed by atoms with E-state index >= 15 is 0 Å². The van der Waals surface area contributed by atoms with E-state index in [-0.39, 0.29) is 12.0 Å². The van der Waals surface area contributed by atoms with Crippen LogP contribution in [0.1, 0.15) is 17.9 Å². The van der Waals surface area contributed by atoms with E-state index in [1.165, 1.54) is 0 Å². The second-order valence-corrected chi connectivity index (χ2v) is 7.40. The lowest BCUT2D eigenvalue weighted by Crippen LogP contribution is -2.39. The lowest BCUT2D eigenvalue weighted by Gasteiger charge is -2.20. The van der Waals surface area contributed by atoms with Gasteiger partial charge >= 0.3 is 0 Å². The molecule has 1 aromatic rings. The lowest BCUT2D eigenvalue weighted by atomic mass is 9.92. The molecule has 0 amide bonds. The Bertz CT molecular complexity index is 563. The van der Waals surface area contributed by atoms with E-state index < -0.39 is 10.0 Å². The molecule has 0 spiro atoms. The van der Waals surface area contributed by atoms with Crippen LogP contribution >= 0.6 is 23.2 Å². The predicted octanol–water partition coefficient (Wildman–Crippen LogP) is 1.99. The van der Waals surface area contributed by atoms with E-state index in [1.807, 2.05) is 12.1 Å². The molecule has 0 bridgehead atoms. The third kappa shape index (κ3) is 4.07. The fourth-order valence-corrected chi connectivity index (χ4v) is 3.15. The van der Waals surface area contributed by atoms with E-state index in [0.717, 1.165) is 24.8 Å². The fourth-order valence-electron chi connectivity index (χ4n) is 2.37. The molecule has 0 aromatic heterocycles. The highest BCUT2D eigenvalue weighted by Gasteiger charge is 2.28. The molecule has 0 radical (unpaired) electrons. The van der Waals surface area contributed by atoms with E-state index in [4.69, 9.17) is 23.2 Å². The summed E-state index contributed by atoms with van der Waals surface area (Å²) in [7, 11) is -3.17. The van der Waals surface area contributed by atoms with E-state index in [9.17, 15) is 8.42 Å². The lowest BCUT2D eigenvalue weighted by molar-refractivity contribution is 0.524. The zero-order chi connectivity index (χ0) is 14.0. The highest BCUT2D eigenvalue weighted by Crippen LogP contribution is 2.32. The smallest absolute Gasteiger partial charge is 0.208 e. The molecule has 2 N–H and O–H groups in total. The summed E-state index contributed by atoms with van der Waals surface area (Å²) in [5, 5.41) is 4.37. The van der Waals surface area contributed by atoms with Crippen molar-refractivity contribution in [2.24, 2.45) is 0 Å². The van der Waals surface area contributed by atoms with Crippen LogP contribution in [0.25, 0.3) is 0 Å². The van der Waals surface area contributed by atoms with Gasteiger partial charge in [0.1, 0.15) is 0 Å². The molecule has 1 fully saturated rings. The van der Waals surface area contributed by atoms with Gasteiger partial charge in [0.05, 0.1) is 16.3 Å². The van der Waals surface area contributed by atoms with Crippen LogP contribution in [-0.2, 0) is 10.0 Å². The Balaban J connectivity index is 2.11. The molecule has 1 heterocycles. The van der Waals surface area contributed by atoms with Gasteiger partial charge < -0.3 is 5.32 Å². The first-order chi connectivity index (χ1) is 8.87. The molecule has 1 saturated heterocycles. The average molecular weight is 323 g/mol. The standard InChI is InChI=1S/C12H16Cl2N2O2S/c1-19(17,18)16-7-12-9(4-5-15-12)8-2-3-10(13)11(14)6-8/h2-3,6,9,12,15-16H,4-5,7H2,1H3/t9-,12+/m1/s1. The average Bonchev–Trinajstić information content (AvgIpc) is 2.77. The summed E-state index contributed by atoms with van der Waals surface area (Å²) >= 11 is 11.9. The third-order valence-electron chi connectivity index (χ3n) is 3.28. The molecule has 0 aliphatic carbocycles. The maximum absolute atomic E-state index is 11.2. The summed E-state index contributed by atoms with van der Waals surface area (Å²) in [4.78, 5) is 0. The van der Waals surface area contributed by atoms with Crippen molar-refractivity contribution < 1.29 is 8.42 Å². The van der Waals surface area contributed by atoms with Crippen LogP contribution in [0.3, 0.4) is 0 Å². The van der Waals surface area contributed by atoms with Gasteiger partial charge in [0.2, 0.25) is 10.0 Å². The topological polar surface area (TPSA) is 58.2 Å². The number of hydrogen-bond donors (Lipinski definition) is 2. The first kappa shape index (κ1) is 15.1. The quantitative estimate of drug-likeness (QED) is 0.891. The Kier molecular flexibility index (Phi) is 4.74. The number of sulfonamides is 1. The van der Waals surface area contributed by atoms with Gasteiger partial charge in [0.15, 0.2) is 0 Å². The summed E-state index contributed by atoms with van der Waals surface area (Å²) in [6, 6.07) is 5.65. The van der Waals surface area contributed by atoms with E-state index in [0.29, 0.717) is 16.6 Å². The van der Waals surface area contributed by atoms with Gasteiger partial charge in [-0.05, 0) is 30.7 Å². The zero-order valence-corrected chi connectivity index (χ0v) is 12.8. The van der Waals surface area contributed by atoms with Crippen LogP contribution in [0, 0.1) is 0 Å². The highest BCUT2D eigenvalue weighted by atomic mass is 35.5. The first-order valence-corrected chi connectivity index (χ1v) is 8.64. The molecule has 4 nitrogen and oxygen atoms in total. The minimum atomic E-state index is -3.17. The molecular formula is C12H16Cl2N2O2S. The minimum Gasteiger partial charge on any atom is -0.312 e. The van der Waals surface area contributed by atoms with Gasteiger partial charge in [-0.15, -0.1) is 0 Å². The molecule has 0 saturated carbocycles. The first-order valence-electron chi connectivity index (χ1n) is 6.00. The molecule has 1 aliphatic heterocycles. The van der Waals surface area contributed by atoms with Crippen LogP contribution in [-0.4, -0.2) is 33.8 Å². The summed E-state index contributed by atoms with van der Waals surface area (Å²) in [5.41, 5.74) is 1.08. The highest BCUT2D eigenvalue weighted by molar-refractivity contribution is 7.88. The van der Waals surface area contributed by atoms with Crippen molar-refractivity contribution in [3.05, 3.63) is 33.8 Å². The molecule has 1 aliphatic rings. The van der Waals surface area contributed by atoms with Crippen LogP contribution in [0.4, 0.5) is 0 Å². The van der Waals surface area contributed by atoms with Gasteiger partial charge in [-0.25, -0.2) is 13.1 Å². The van der Waals surface area contributed by atoms with Crippen LogP contribution in [0.2, 0.25) is 10.0 Å². The van der Waals surface area contributed by atoms with E-state index in [1.54, 1.807) is 6.07 Å². The Morgan fingerprint density at radius 1 is 1.37 bits per heavy atom. The molecule has 7 heteroatoms. The number of halogens is 2. The summed E-state index contributed by atoms with van der Waals surface area (Å²) < 4.78 is 24.8. The second kappa shape index (κ2) is 5.97. The number of benzene rings is 1. The van der Waals surface area contributed by atoms with Crippen molar-refractivity contribution in [3.63, 3.8) is 0 Å². The molecule has 1 aromatic carbocycles. The van der Waals surface area contributed by atoms with Crippen molar-refractivity contribution in [1.82, 2.24) is 10.0 Å². The van der Waals surface area contributed by atoms with Crippen molar-refractivity contribution >= 4 is 33.2 Å². The van der Waals surface area contributed by atoms with Crippen LogP contribution < -0.4 is 10.0 Å². The van der Waals surface area contributed by atoms with Gasteiger partial charge in [0.25, 0.3) is 0 Å². The predicted molar refractivity (Wildman–Crippen MR) is 78.5 cm³/mol. The molecule has 106 valence electrons. The minimum absolute atomic E-state index is 0.0759. The van der Waals surface area contributed by atoms with Crippen LogP contribution in [0.15, 0.2) is 18.2 Å². The maximum Gasteiger partial charge on any atom is 0.208 e. The van der Waals surface area contributed by atoms with Gasteiger partial charge in [-0.1, -0.05) is 29.3 Å². The summed E-state index contributed by atoms with van der Waals surface area (Å²) in [5.74, 6) is 0.240. The zero-order valence-electron chi connectivity index (χ0n) is 10.5. The third-order valence-corrected chi connectivity index (χ3v) is 4.71. The largest absolute Gasteiger partial charge is 0.312 e. The normalized spacial score (nSPS) is 23.7. The van der Waals surface area contributed by atoms with E-state index in [2.05, 4.69) is 10.0 Å². The summed E-state index contributed by atoms with van der Waals surface area (Å²) in [6.45, 7) is 1.24. The van der Waals surface area contributed by atoms with Crippen molar-refractivity contribution in [2.45, 2.75) is 18.4 Å². The van der Waals surface area contributed by atoms with Crippen molar-refractivity contribution in [3.8, 4) is 0 Å². The molecule has 0 unspecified atom stereocenters. The maximum atomic E-state index is 11.2. The van der Waals surface area contributed by atoms with Crippen molar-refractivity contribution in [1.29, 1.82) is 0 Å². The fraction of sp³-hybridized carbons (Fsp3) is 0.500. The number of nitrogens with one attached hydrogen (secondary N) is 2. The molecule has 19 heavy (non-hydrogen) atoms. The Morgan fingerprint density at radius 2 is 2.11 bits per heavy atom. The monoisotopic (exact) mass is 322 g/mol. The summed E-state index contributed by atoms with van der Waals surface area (Å²) in [6.07, 6.45) is 2.12. The van der Waals surface area contributed by atoms with Gasteiger partial charge in [-0.2, -0.15) is 0 Å². The van der Waals surface area contributed by atoms with Crippen LogP contribution in [0.5, 0.6) is 0 Å². The number of rotatable bonds is 4. The molecular weight excluding hydrogens is 307 g/mol. The SMILES string of the molecule is CS(=O)(=O)NC[C@@H]1NCC[C@@H]1c1ccc(Cl)c(Cl)c1. The Hall–Kier alpha value is -0.330. The van der Waals surface area contributed by atoms with Gasteiger partial charge in [0, 0.05) is 18.5 Å².